The molecule has 1 fully saturated rings. The Morgan fingerprint density at radius 2 is 1.92 bits per heavy atom. The zero-order valence-electron chi connectivity index (χ0n) is 13.1. The van der Waals surface area contributed by atoms with E-state index in [1.165, 1.54) is 12.1 Å². The molecule has 0 unspecified atom stereocenters. The molecule has 1 aromatic heterocycles. The molecule has 3 rings (SSSR count). The second-order valence-corrected chi connectivity index (χ2v) is 5.65. The quantitative estimate of drug-likeness (QED) is 0.889. The molecular weight excluding hydrogens is 308 g/mol. The predicted octanol–water partition coefficient (Wildman–Crippen LogP) is 1.46. The molecule has 2 amide bonds. The third kappa shape index (κ3) is 3.51. The van der Waals surface area contributed by atoms with Crippen LogP contribution in [-0.2, 0) is 9.59 Å². The molecule has 2 aromatic rings. The second-order valence-electron chi connectivity index (χ2n) is 5.65. The highest BCUT2D eigenvalue weighted by molar-refractivity contribution is 5.97. The first-order chi connectivity index (χ1) is 11.6. The number of nitrogens with one attached hydrogen (secondary N) is 2. The van der Waals surface area contributed by atoms with E-state index in [-0.39, 0.29) is 23.2 Å². The minimum atomic E-state index is -0.715. The first-order valence-corrected chi connectivity index (χ1v) is 7.86. The van der Waals surface area contributed by atoms with Crippen molar-refractivity contribution in [1.29, 1.82) is 0 Å². The van der Waals surface area contributed by atoms with Crippen LogP contribution in [0.15, 0.2) is 47.3 Å². The summed E-state index contributed by atoms with van der Waals surface area (Å²) in [7, 11) is 0. The zero-order valence-corrected chi connectivity index (χ0v) is 13.1. The van der Waals surface area contributed by atoms with Crippen molar-refractivity contribution in [2.24, 2.45) is 0 Å². The molecule has 2 N–H and O–H groups in total. The minimum absolute atomic E-state index is 0.0281. The summed E-state index contributed by atoms with van der Waals surface area (Å²) in [6.07, 6.45) is 2.17. The van der Waals surface area contributed by atoms with Crippen LogP contribution in [0.2, 0.25) is 0 Å². The van der Waals surface area contributed by atoms with Gasteiger partial charge in [-0.1, -0.05) is 30.3 Å². The van der Waals surface area contributed by atoms with Gasteiger partial charge in [0.05, 0.1) is 0 Å². The van der Waals surface area contributed by atoms with Gasteiger partial charge in [0.25, 0.3) is 11.5 Å². The van der Waals surface area contributed by atoms with E-state index < -0.39 is 6.04 Å². The van der Waals surface area contributed by atoms with E-state index in [9.17, 15) is 14.4 Å². The molecule has 1 aliphatic rings. The molecule has 0 saturated carbocycles. The molecule has 0 radical (unpaired) electrons. The Hall–Kier alpha value is -2.96. The van der Waals surface area contributed by atoms with E-state index in [0.717, 1.165) is 18.4 Å². The van der Waals surface area contributed by atoms with E-state index in [2.05, 4.69) is 15.5 Å². The highest BCUT2D eigenvalue weighted by Crippen LogP contribution is 2.26. The molecule has 24 heavy (non-hydrogen) atoms. The first kappa shape index (κ1) is 15.9. The standard InChI is InChI=1S/C17H18N4O3/c22-14-10-9-13(19-20-14)18-17(24)16(12-6-2-1-3-7-12)21-11-5-4-8-15(21)23/h1-3,6-7,9-10,16H,4-5,8,11H2,(H,20,22)(H,18,19,24)/t16-/m1/s1. The van der Waals surface area contributed by atoms with Crippen molar-refractivity contribution in [3.63, 3.8) is 0 Å². The van der Waals surface area contributed by atoms with Gasteiger partial charge in [0.1, 0.15) is 6.04 Å². The Morgan fingerprint density at radius 1 is 1.12 bits per heavy atom. The van der Waals surface area contributed by atoms with Crippen LogP contribution in [0.1, 0.15) is 30.9 Å². The van der Waals surface area contributed by atoms with Crippen molar-refractivity contribution in [3.8, 4) is 0 Å². The Labute approximate surface area is 138 Å². The molecule has 0 spiro atoms. The molecule has 1 atom stereocenters. The molecule has 0 bridgehead atoms. The van der Waals surface area contributed by atoms with Gasteiger partial charge < -0.3 is 10.2 Å². The number of likely N-dealkylation sites (tertiary alicyclic amines) is 1. The molecule has 124 valence electrons. The summed E-state index contributed by atoms with van der Waals surface area (Å²) in [6.45, 7) is 0.546. The van der Waals surface area contributed by atoms with Crippen molar-refractivity contribution >= 4 is 17.6 Å². The smallest absolute Gasteiger partial charge is 0.264 e. The van der Waals surface area contributed by atoms with Gasteiger partial charge in [-0.15, -0.1) is 0 Å². The zero-order chi connectivity index (χ0) is 16.9. The number of piperidine rings is 1. The fourth-order valence-corrected chi connectivity index (χ4v) is 2.82. The predicted molar refractivity (Wildman–Crippen MR) is 88.2 cm³/mol. The molecule has 1 aromatic carbocycles. The summed E-state index contributed by atoms with van der Waals surface area (Å²) in [5, 5.41) is 8.73. The van der Waals surface area contributed by atoms with Crippen molar-refractivity contribution in [1.82, 2.24) is 15.1 Å². The topological polar surface area (TPSA) is 95.2 Å². The normalized spacial score (nSPS) is 15.8. The van der Waals surface area contributed by atoms with E-state index in [4.69, 9.17) is 0 Å². The number of nitrogens with zero attached hydrogens (tertiary/aromatic N) is 2. The van der Waals surface area contributed by atoms with Gasteiger partial charge in [-0.25, -0.2) is 5.10 Å². The summed E-state index contributed by atoms with van der Waals surface area (Å²) in [5.74, 6) is -0.138. The van der Waals surface area contributed by atoms with E-state index >= 15 is 0 Å². The number of rotatable bonds is 4. The van der Waals surface area contributed by atoms with Crippen LogP contribution >= 0.6 is 0 Å². The molecule has 7 heteroatoms. The van der Waals surface area contributed by atoms with Crippen LogP contribution in [0.25, 0.3) is 0 Å². The lowest BCUT2D eigenvalue weighted by Crippen LogP contribution is -2.43. The number of hydrogen-bond donors (Lipinski definition) is 2. The maximum absolute atomic E-state index is 12.8. The largest absolute Gasteiger partial charge is 0.327 e. The minimum Gasteiger partial charge on any atom is -0.327 e. The van der Waals surface area contributed by atoms with E-state index in [1.54, 1.807) is 4.90 Å². The third-order valence-electron chi connectivity index (χ3n) is 3.97. The Bertz CT molecular complexity index is 767. The highest BCUT2D eigenvalue weighted by atomic mass is 16.2. The van der Waals surface area contributed by atoms with Crippen LogP contribution < -0.4 is 10.9 Å². The van der Waals surface area contributed by atoms with Crippen LogP contribution in [0.5, 0.6) is 0 Å². The maximum atomic E-state index is 12.8. The van der Waals surface area contributed by atoms with Gasteiger partial charge in [0, 0.05) is 19.0 Å². The van der Waals surface area contributed by atoms with Gasteiger partial charge in [-0.2, -0.15) is 5.10 Å². The monoisotopic (exact) mass is 326 g/mol. The molecule has 1 aliphatic heterocycles. The van der Waals surface area contributed by atoms with Crippen LogP contribution in [0.3, 0.4) is 0 Å². The van der Waals surface area contributed by atoms with Crippen LogP contribution in [0, 0.1) is 0 Å². The number of carbonyl (C=O) groups excluding carboxylic acids is 2. The van der Waals surface area contributed by atoms with E-state index in [1.807, 2.05) is 30.3 Å². The van der Waals surface area contributed by atoms with Crippen LogP contribution in [0.4, 0.5) is 5.82 Å². The molecule has 1 saturated heterocycles. The fourth-order valence-electron chi connectivity index (χ4n) is 2.82. The second kappa shape index (κ2) is 7.08. The number of anilines is 1. The first-order valence-electron chi connectivity index (χ1n) is 7.86. The molecule has 7 nitrogen and oxygen atoms in total. The number of hydrogen-bond acceptors (Lipinski definition) is 4. The van der Waals surface area contributed by atoms with Gasteiger partial charge in [-0.3, -0.25) is 14.4 Å². The summed E-state index contributed by atoms with van der Waals surface area (Å²) in [5.41, 5.74) is 0.397. The summed E-state index contributed by atoms with van der Waals surface area (Å²) >= 11 is 0. The lowest BCUT2D eigenvalue weighted by molar-refractivity contribution is -0.141. The summed E-state index contributed by atoms with van der Waals surface area (Å²) in [6, 6.07) is 11.2. The number of aromatic nitrogens is 2. The number of benzene rings is 1. The number of H-pyrrole nitrogens is 1. The maximum Gasteiger partial charge on any atom is 0.264 e. The molecule has 2 heterocycles. The average molecular weight is 326 g/mol. The van der Waals surface area contributed by atoms with Crippen molar-refractivity contribution in [3.05, 3.63) is 58.4 Å². The number of carbonyl (C=O) groups is 2. The van der Waals surface area contributed by atoms with Gasteiger partial charge in [0.15, 0.2) is 5.82 Å². The summed E-state index contributed by atoms with van der Waals surface area (Å²) in [4.78, 5) is 37.8. The Kier molecular flexibility index (Phi) is 4.69. The van der Waals surface area contributed by atoms with Gasteiger partial charge >= 0.3 is 0 Å². The third-order valence-corrected chi connectivity index (χ3v) is 3.97. The van der Waals surface area contributed by atoms with Crippen molar-refractivity contribution in [2.45, 2.75) is 25.3 Å². The van der Waals surface area contributed by atoms with Gasteiger partial charge in [0.2, 0.25) is 5.91 Å². The van der Waals surface area contributed by atoms with Crippen LogP contribution in [-0.4, -0.2) is 33.5 Å². The number of aromatic amines is 1. The lowest BCUT2D eigenvalue weighted by atomic mass is 10.0. The Balaban J connectivity index is 1.88. The fraction of sp³-hybridized carbons (Fsp3) is 0.294. The Morgan fingerprint density at radius 3 is 2.58 bits per heavy atom. The molecular formula is C17H18N4O3. The summed E-state index contributed by atoms with van der Waals surface area (Å²) < 4.78 is 0. The molecule has 0 aliphatic carbocycles. The van der Waals surface area contributed by atoms with E-state index in [0.29, 0.717) is 13.0 Å². The lowest BCUT2D eigenvalue weighted by Gasteiger charge is -2.33. The van der Waals surface area contributed by atoms with Crippen molar-refractivity contribution < 1.29 is 9.59 Å². The van der Waals surface area contributed by atoms with Gasteiger partial charge in [-0.05, 0) is 24.5 Å². The SMILES string of the molecule is O=C(Nc1ccc(=O)[nH]n1)[C@@H](c1ccccc1)N1CCCCC1=O. The highest BCUT2D eigenvalue weighted by Gasteiger charge is 2.32. The number of amides is 2. The average Bonchev–Trinajstić information content (AvgIpc) is 2.60. The van der Waals surface area contributed by atoms with Crippen molar-refractivity contribution in [2.75, 3.05) is 11.9 Å².